The summed E-state index contributed by atoms with van der Waals surface area (Å²) < 4.78 is 2.42. The van der Waals surface area contributed by atoms with Crippen molar-refractivity contribution in [2.75, 3.05) is 0 Å². The van der Waals surface area contributed by atoms with E-state index in [9.17, 15) is 9.59 Å². The minimum absolute atomic E-state index is 0.179. The van der Waals surface area contributed by atoms with Gasteiger partial charge < -0.3 is 4.98 Å². The summed E-state index contributed by atoms with van der Waals surface area (Å²) in [6.45, 7) is 1.91. The van der Waals surface area contributed by atoms with Gasteiger partial charge in [0.15, 0.2) is 0 Å². The Morgan fingerprint density at radius 1 is 1.45 bits per heavy atom. The average Bonchev–Trinajstić information content (AvgIpc) is 2.88. The third kappa shape index (κ3) is 2.20. The van der Waals surface area contributed by atoms with Gasteiger partial charge in [-0.15, -0.1) is 11.3 Å². The Balaban J connectivity index is 2.12. The van der Waals surface area contributed by atoms with Crippen LogP contribution in [0.4, 0.5) is 0 Å². The second-order valence-electron chi connectivity index (χ2n) is 4.19. The molecule has 0 aliphatic carbocycles. The fourth-order valence-corrected chi connectivity index (χ4v) is 2.93. The van der Waals surface area contributed by atoms with Crippen molar-refractivity contribution >= 4 is 37.5 Å². The number of aromatic amines is 1. The molecule has 0 aliphatic rings. The molecule has 0 unspecified atom stereocenters. The molecule has 3 aromatic heterocycles. The number of nitrogens with one attached hydrogen (secondary N) is 1. The van der Waals surface area contributed by atoms with Crippen molar-refractivity contribution in [2.24, 2.45) is 0 Å². The van der Waals surface area contributed by atoms with Crippen LogP contribution in [0.1, 0.15) is 11.6 Å². The Bertz CT molecular complexity index is 912. The van der Waals surface area contributed by atoms with Crippen LogP contribution in [0, 0.1) is 6.92 Å². The molecular weight excluding hydrogens is 344 g/mol. The largest absolute Gasteiger partial charge is 0.308 e. The van der Waals surface area contributed by atoms with Gasteiger partial charge in [-0.05, 0) is 34.3 Å². The number of fused-ring (bicyclic) bond motifs is 1. The summed E-state index contributed by atoms with van der Waals surface area (Å²) in [5.41, 5.74) is 0.252. The highest BCUT2D eigenvalue weighted by Gasteiger charge is 2.09. The number of aryl methyl sites for hydroxylation is 1. The molecule has 8 heteroatoms. The molecule has 1 N–H and O–H groups in total. The summed E-state index contributed by atoms with van der Waals surface area (Å²) >= 11 is 4.50. The SMILES string of the molecule is Cc1ncc(Br)c(=O)n1Cc1nc2ccsc2c(=O)[nH]1. The van der Waals surface area contributed by atoms with Crippen molar-refractivity contribution in [3.05, 3.63) is 54.5 Å². The third-order valence-corrected chi connectivity index (χ3v) is 4.32. The molecule has 0 radical (unpaired) electrons. The van der Waals surface area contributed by atoms with Crippen LogP contribution in [0.15, 0.2) is 31.7 Å². The highest BCUT2D eigenvalue weighted by atomic mass is 79.9. The minimum atomic E-state index is -0.203. The van der Waals surface area contributed by atoms with Crippen molar-refractivity contribution in [3.8, 4) is 0 Å². The predicted molar refractivity (Wildman–Crippen MR) is 80.3 cm³/mol. The van der Waals surface area contributed by atoms with Gasteiger partial charge in [0.25, 0.3) is 11.1 Å². The number of hydrogen-bond acceptors (Lipinski definition) is 5. The Labute approximate surface area is 125 Å². The van der Waals surface area contributed by atoms with E-state index in [1.165, 1.54) is 22.1 Å². The smallest absolute Gasteiger partial charge is 0.268 e. The van der Waals surface area contributed by atoms with Gasteiger partial charge in [-0.2, -0.15) is 0 Å². The zero-order valence-electron chi connectivity index (χ0n) is 10.4. The van der Waals surface area contributed by atoms with Crippen molar-refractivity contribution in [1.29, 1.82) is 0 Å². The summed E-state index contributed by atoms with van der Waals surface area (Å²) in [5.74, 6) is 0.997. The van der Waals surface area contributed by atoms with Gasteiger partial charge in [-0.3, -0.25) is 14.2 Å². The monoisotopic (exact) mass is 352 g/mol. The van der Waals surface area contributed by atoms with Gasteiger partial charge in [-0.1, -0.05) is 0 Å². The predicted octanol–water partition coefficient (Wildman–Crippen LogP) is 1.66. The van der Waals surface area contributed by atoms with Crippen molar-refractivity contribution in [3.63, 3.8) is 0 Å². The molecule has 0 spiro atoms. The molecule has 0 atom stereocenters. The van der Waals surface area contributed by atoms with E-state index in [1.807, 2.05) is 5.38 Å². The number of rotatable bonds is 2. The zero-order chi connectivity index (χ0) is 14.3. The molecule has 3 aromatic rings. The lowest BCUT2D eigenvalue weighted by Crippen LogP contribution is -2.26. The molecule has 3 heterocycles. The second kappa shape index (κ2) is 4.95. The molecular formula is C12H9BrN4O2S. The second-order valence-corrected chi connectivity index (χ2v) is 5.96. The summed E-state index contributed by atoms with van der Waals surface area (Å²) in [7, 11) is 0. The average molecular weight is 353 g/mol. The molecule has 0 bridgehead atoms. The van der Waals surface area contributed by atoms with E-state index in [2.05, 4.69) is 30.9 Å². The Kier molecular flexibility index (Phi) is 3.27. The van der Waals surface area contributed by atoms with Crippen LogP contribution >= 0.6 is 27.3 Å². The lowest BCUT2D eigenvalue weighted by atomic mass is 10.4. The van der Waals surface area contributed by atoms with E-state index >= 15 is 0 Å². The standard InChI is InChI=1S/C12H9BrN4O2S/c1-6-14-4-7(13)12(19)17(6)5-9-15-8-2-3-20-10(8)11(18)16-9/h2-4H,5H2,1H3,(H,15,16,18). The maximum Gasteiger partial charge on any atom is 0.268 e. The first kappa shape index (κ1) is 13.2. The first-order valence-corrected chi connectivity index (χ1v) is 7.42. The number of nitrogens with zero attached hydrogens (tertiary/aromatic N) is 3. The number of aromatic nitrogens is 4. The van der Waals surface area contributed by atoms with E-state index in [0.29, 0.717) is 26.3 Å². The highest BCUT2D eigenvalue weighted by molar-refractivity contribution is 9.10. The van der Waals surface area contributed by atoms with E-state index in [4.69, 9.17) is 0 Å². The van der Waals surface area contributed by atoms with Gasteiger partial charge in [-0.25, -0.2) is 9.97 Å². The van der Waals surface area contributed by atoms with Crippen LogP contribution in [-0.4, -0.2) is 19.5 Å². The normalized spacial score (nSPS) is 11.1. The molecule has 6 nitrogen and oxygen atoms in total. The molecule has 0 saturated heterocycles. The van der Waals surface area contributed by atoms with Crippen LogP contribution in [-0.2, 0) is 6.54 Å². The maximum absolute atomic E-state index is 12.1. The quantitative estimate of drug-likeness (QED) is 0.760. The van der Waals surface area contributed by atoms with Gasteiger partial charge in [0.1, 0.15) is 20.8 Å². The maximum atomic E-state index is 12.1. The molecule has 3 rings (SSSR count). The van der Waals surface area contributed by atoms with E-state index < -0.39 is 0 Å². The van der Waals surface area contributed by atoms with Gasteiger partial charge in [0.2, 0.25) is 0 Å². The fraction of sp³-hybridized carbons (Fsp3) is 0.167. The van der Waals surface area contributed by atoms with Crippen LogP contribution < -0.4 is 11.1 Å². The summed E-state index contributed by atoms with van der Waals surface area (Å²) in [6, 6.07) is 1.79. The Hall–Kier alpha value is -1.80. The number of H-pyrrole nitrogens is 1. The number of thiophene rings is 1. The van der Waals surface area contributed by atoms with E-state index in [1.54, 1.807) is 13.0 Å². The number of hydrogen-bond donors (Lipinski definition) is 1. The Morgan fingerprint density at radius 2 is 2.25 bits per heavy atom. The van der Waals surface area contributed by atoms with Gasteiger partial charge >= 0.3 is 0 Å². The Morgan fingerprint density at radius 3 is 3.05 bits per heavy atom. The fourth-order valence-electron chi connectivity index (χ4n) is 1.88. The molecule has 20 heavy (non-hydrogen) atoms. The molecule has 0 aromatic carbocycles. The lowest BCUT2D eigenvalue weighted by Gasteiger charge is -2.08. The summed E-state index contributed by atoms with van der Waals surface area (Å²) in [5, 5.41) is 1.81. The van der Waals surface area contributed by atoms with Gasteiger partial charge in [0, 0.05) is 6.20 Å². The topological polar surface area (TPSA) is 80.6 Å². The molecule has 102 valence electrons. The number of halogens is 1. The minimum Gasteiger partial charge on any atom is -0.308 e. The van der Waals surface area contributed by atoms with Crippen LogP contribution in [0.2, 0.25) is 0 Å². The van der Waals surface area contributed by atoms with Crippen LogP contribution in [0.5, 0.6) is 0 Å². The molecule has 0 fully saturated rings. The van der Waals surface area contributed by atoms with E-state index in [0.717, 1.165) is 0 Å². The summed E-state index contributed by atoms with van der Waals surface area (Å²) in [6.07, 6.45) is 1.46. The first-order chi connectivity index (χ1) is 9.56. The van der Waals surface area contributed by atoms with Crippen molar-refractivity contribution in [2.45, 2.75) is 13.5 Å². The van der Waals surface area contributed by atoms with E-state index in [-0.39, 0.29) is 17.7 Å². The summed E-state index contributed by atoms with van der Waals surface area (Å²) in [4.78, 5) is 35.1. The molecule has 0 aliphatic heterocycles. The van der Waals surface area contributed by atoms with Gasteiger partial charge in [0.05, 0.1) is 12.1 Å². The first-order valence-electron chi connectivity index (χ1n) is 5.74. The van der Waals surface area contributed by atoms with Crippen LogP contribution in [0.3, 0.4) is 0 Å². The van der Waals surface area contributed by atoms with Crippen LogP contribution in [0.25, 0.3) is 10.2 Å². The molecule has 0 saturated carbocycles. The zero-order valence-corrected chi connectivity index (χ0v) is 12.8. The van der Waals surface area contributed by atoms with Crippen molar-refractivity contribution in [1.82, 2.24) is 19.5 Å². The molecule has 0 amide bonds. The highest BCUT2D eigenvalue weighted by Crippen LogP contribution is 2.14. The van der Waals surface area contributed by atoms with Crippen molar-refractivity contribution < 1.29 is 0 Å². The lowest BCUT2D eigenvalue weighted by molar-refractivity contribution is 0.666. The third-order valence-electron chi connectivity index (χ3n) is 2.88.